The Hall–Kier alpha value is -0.120. The van der Waals surface area contributed by atoms with Crippen molar-refractivity contribution in [3.8, 4) is 0 Å². The Kier molecular flexibility index (Phi) is 5.05. The van der Waals surface area contributed by atoms with Crippen LogP contribution in [0, 0.1) is 5.41 Å². The standard InChI is InChI=1S/C15H30N2O/c1-15(2,11-16-13-6-7-13)12-18-10-8-14-5-4-9-17(14)3/h13-14,16H,4-12H2,1-3H3. The molecule has 0 amide bonds. The Morgan fingerprint density at radius 2 is 2.06 bits per heavy atom. The second kappa shape index (κ2) is 6.36. The lowest BCUT2D eigenvalue weighted by Crippen LogP contribution is -2.35. The molecule has 106 valence electrons. The molecule has 1 aliphatic carbocycles. The Morgan fingerprint density at radius 1 is 1.28 bits per heavy atom. The predicted octanol–water partition coefficient (Wildman–Crippen LogP) is 2.27. The molecule has 2 fully saturated rings. The zero-order valence-corrected chi connectivity index (χ0v) is 12.4. The van der Waals surface area contributed by atoms with Crippen molar-refractivity contribution in [2.75, 3.05) is 33.4 Å². The SMILES string of the molecule is CN1CCCC1CCOCC(C)(C)CNC1CC1. The first-order valence-corrected chi connectivity index (χ1v) is 7.58. The van der Waals surface area contributed by atoms with E-state index in [1.54, 1.807) is 0 Å². The van der Waals surface area contributed by atoms with E-state index in [4.69, 9.17) is 4.74 Å². The van der Waals surface area contributed by atoms with Gasteiger partial charge in [-0.15, -0.1) is 0 Å². The molecule has 0 aromatic carbocycles. The molecule has 0 spiro atoms. The van der Waals surface area contributed by atoms with Crippen LogP contribution in [0.25, 0.3) is 0 Å². The highest BCUT2D eigenvalue weighted by Crippen LogP contribution is 2.22. The van der Waals surface area contributed by atoms with E-state index < -0.39 is 0 Å². The quantitative estimate of drug-likeness (QED) is 0.673. The molecule has 1 saturated heterocycles. The summed E-state index contributed by atoms with van der Waals surface area (Å²) in [5.41, 5.74) is 0.268. The van der Waals surface area contributed by atoms with Crippen LogP contribution >= 0.6 is 0 Å². The van der Waals surface area contributed by atoms with E-state index in [1.165, 1.54) is 38.6 Å². The molecule has 0 aromatic heterocycles. The second-order valence-electron chi connectivity index (χ2n) is 6.94. The molecule has 0 radical (unpaired) electrons. The number of likely N-dealkylation sites (tertiary alicyclic amines) is 1. The molecule has 2 rings (SSSR count). The summed E-state index contributed by atoms with van der Waals surface area (Å²) >= 11 is 0. The van der Waals surface area contributed by atoms with Crippen molar-refractivity contribution in [3.63, 3.8) is 0 Å². The third-order valence-corrected chi connectivity index (χ3v) is 4.21. The highest BCUT2D eigenvalue weighted by atomic mass is 16.5. The highest BCUT2D eigenvalue weighted by molar-refractivity contribution is 4.84. The molecular formula is C15H30N2O. The molecule has 1 atom stereocenters. The highest BCUT2D eigenvalue weighted by Gasteiger charge is 2.25. The van der Waals surface area contributed by atoms with Crippen molar-refractivity contribution < 1.29 is 4.74 Å². The van der Waals surface area contributed by atoms with E-state index >= 15 is 0 Å². The lowest BCUT2D eigenvalue weighted by atomic mass is 9.95. The number of rotatable bonds is 8. The minimum absolute atomic E-state index is 0.268. The molecule has 1 N–H and O–H groups in total. The summed E-state index contributed by atoms with van der Waals surface area (Å²) in [7, 11) is 2.24. The Morgan fingerprint density at radius 3 is 2.67 bits per heavy atom. The van der Waals surface area contributed by atoms with E-state index in [9.17, 15) is 0 Å². The van der Waals surface area contributed by atoms with Crippen molar-refractivity contribution >= 4 is 0 Å². The second-order valence-corrected chi connectivity index (χ2v) is 6.94. The van der Waals surface area contributed by atoms with Crippen LogP contribution in [0.3, 0.4) is 0 Å². The molecule has 3 nitrogen and oxygen atoms in total. The normalized spacial score (nSPS) is 25.8. The topological polar surface area (TPSA) is 24.5 Å². The van der Waals surface area contributed by atoms with Crippen LogP contribution in [0.5, 0.6) is 0 Å². The summed E-state index contributed by atoms with van der Waals surface area (Å²) in [5, 5.41) is 3.60. The fourth-order valence-electron chi connectivity index (χ4n) is 2.67. The van der Waals surface area contributed by atoms with E-state index in [0.717, 1.165) is 31.8 Å². The van der Waals surface area contributed by atoms with E-state index in [1.807, 2.05) is 0 Å². The lowest BCUT2D eigenvalue weighted by molar-refractivity contribution is 0.0517. The number of nitrogens with zero attached hydrogens (tertiary/aromatic N) is 1. The van der Waals surface area contributed by atoms with E-state index in [0.29, 0.717) is 0 Å². The zero-order valence-electron chi connectivity index (χ0n) is 12.4. The summed E-state index contributed by atoms with van der Waals surface area (Å²) in [6, 6.07) is 1.56. The minimum Gasteiger partial charge on any atom is -0.381 e. The van der Waals surface area contributed by atoms with Crippen molar-refractivity contribution in [1.82, 2.24) is 10.2 Å². The molecule has 1 unspecified atom stereocenters. The van der Waals surface area contributed by atoms with Crippen LogP contribution in [0.4, 0.5) is 0 Å². The van der Waals surface area contributed by atoms with Gasteiger partial charge in [0, 0.05) is 30.7 Å². The van der Waals surface area contributed by atoms with Gasteiger partial charge in [0.2, 0.25) is 0 Å². The van der Waals surface area contributed by atoms with E-state index in [-0.39, 0.29) is 5.41 Å². The van der Waals surface area contributed by atoms with Crippen molar-refractivity contribution in [2.45, 2.75) is 58.0 Å². The fourth-order valence-corrected chi connectivity index (χ4v) is 2.67. The van der Waals surface area contributed by atoms with Crippen LogP contribution in [0.1, 0.15) is 46.0 Å². The summed E-state index contributed by atoms with van der Waals surface area (Å²) in [6.45, 7) is 8.74. The average molecular weight is 254 g/mol. The maximum atomic E-state index is 5.89. The minimum atomic E-state index is 0.268. The van der Waals surface area contributed by atoms with Gasteiger partial charge in [0.1, 0.15) is 0 Å². The van der Waals surface area contributed by atoms with Crippen LogP contribution in [-0.2, 0) is 4.74 Å². The first-order valence-electron chi connectivity index (χ1n) is 7.58. The van der Waals surface area contributed by atoms with Gasteiger partial charge in [0.25, 0.3) is 0 Å². The number of hydrogen-bond acceptors (Lipinski definition) is 3. The summed E-state index contributed by atoms with van der Waals surface area (Å²) in [4.78, 5) is 2.48. The largest absolute Gasteiger partial charge is 0.381 e. The van der Waals surface area contributed by atoms with Crippen molar-refractivity contribution in [2.24, 2.45) is 5.41 Å². The van der Waals surface area contributed by atoms with Gasteiger partial charge in [-0.25, -0.2) is 0 Å². The van der Waals surface area contributed by atoms with Crippen LogP contribution in [-0.4, -0.2) is 50.3 Å². The molecule has 1 heterocycles. The summed E-state index contributed by atoms with van der Waals surface area (Å²) < 4.78 is 5.89. The smallest absolute Gasteiger partial charge is 0.0529 e. The van der Waals surface area contributed by atoms with Gasteiger partial charge in [0.15, 0.2) is 0 Å². The molecule has 0 aromatic rings. The first kappa shape index (κ1) is 14.3. The Bertz CT molecular complexity index is 251. The maximum absolute atomic E-state index is 5.89. The maximum Gasteiger partial charge on any atom is 0.0529 e. The van der Waals surface area contributed by atoms with Crippen LogP contribution < -0.4 is 5.32 Å². The number of nitrogens with one attached hydrogen (secondary N) is 1. The van der Waals surface area contributed by atoms with Gasteiger partial charge in [0.05, 0.1) is 6.61 Å². The summed E-state index contributed by atoms with van der Waals surface area (Å²) in [6.07, 6.45) is 6.64. The average Bonchev–Trinajstić information content (AvgIpc) is 3.06. The number of ether oxygens (including phenoxy) is 1. The summed E-state index contributed by atoms with van der Waals surface area (Å²) in [5.74, 6) is 0. The molecule has 18 heavy (non-hydrogen) atoms. The molecule has 1 aliphatic heterocycles. The van der Waals surface area contributed by atoms with Gasteiger partial charge in [-0.2, -0.15) is 0 Å². The first-order chi connectivity index (χ1) is 8.57. The molecular weight excluding hydrogens is 224 g/mol. The molecule has 1 saturated carbocycles. The third kappa shape index (κ3) is 4.87. The van der Waals surface area contributed by atoms with Gasteiger partial charge in [-0.1, -0.05) is 13.8 Å². The van der Waals surface area contributed by atoms with Gasteiger partial charge in [-0.3, -0.25) is 0 Å². The molecule has 3 heteroatoms. The fraction of sp³-hybridized carbons (Fsp3) is 1.00. The monoisotopic (exact) mass is 254 g/mol. The van der Waals surface area contributed by atoms with Crippen LogP contribution in [0.15, 0.2) is 0 Å². The Balaban J connectivity index is 1.53. The predicted molar refractivity (Wildman–Crippen MR) is 75.9 cm³/mol. The van der Waals surface area contributed by atoms with Gasteiger partial charge in [-0.05, 0) is 45.7 Å². The third-order valence-electron chi connectivity index (χ3n) is 4.21. The van der Waals surface area contributed by atoms with Crippen molar-refractivity contribution in [1.29, 1.82) is 0 Å². The zero-order chi connectivity index (χ0) is 13.0. The van der Waals surface area contributed by atoms with Crippen molar-refractivity contribution in [3.05, 3.63) is 0 Å². The molecule has 0 bridgehead atoms. The van der Waals surface area contributed by atoms with Gasteiger partial charge < -0.3 is 15.0 Å². The number of hydrogen-bond donors (Lipinski definition) is 1. The lowest BCUT2D eigenvalue weighted by Gasteiger charge is -2.26. The molecule has 2 aliphatic rings. The van der Waals surface area contributed by atoms with E-state index in [2.05, 4.69) is 31.1 Å². The van der Waals surface area contributed by atoms with Gasteiger partial charge >= 0.3 is 0 Å². The van der Waals surface area contributed by atoms with Crippen LogP contribution in [0.2, 0.25) is 0 Å². The Labute approximate surface area is 112 Å².